The van der Waals surface area contributed by atoms with E-state index in [9.17, 15) is 19.5 Å². The van der Waals surface area contributed by atoms with Crippen LogP contribution in [0.1, 0.15) is 47.0 Å². The molecule has 0 saturated carbocycles. The van der Waals surface area contributed by atoms with Gasteiger partial charge in [-0.1, -0.05) is 32.1 Å². The number of esters is 3. The van der Waals surface area contributed by atoms with E-state index in [0.717, 1.165) is 5.57 Å². The van der Waals surface area contributed by atoms with Crippen molar-refractivity contribution in [2.75, 3.05) is 6.61 Å². The lowest BCUT2D eigenvalue weighted by Crippen LogP contribution is -2.48. The predicted molar refractivity (Wildman–Crippen MR) is 119 cm³/mol. The SMILES string of the molecule is C=C1C(=O)OC2C=C(C)C3CC=C(CC(OC(=O)C(C)=CCO)C12)CC(O)(C(C)C)C(=O)O3. The van der Waals surface area contributed by atoms with Crippen LogP contribution in [-0.4, -0.2) is 58.6 Å². The minimum absolute atomic E-state index is 0.0111. The molecule has 0 aromatic carbocycles. The van der Waals surface area contributed by atoms with E-state index in [1.54, 1.807) is 26.8 Å². The van der Waals surface area contributed by atoms with Crippen molar-refractivity contribution >= 4 is 17.9 Å². The summed E-state index contributed by atoms with van der Waals surface area (Å²) < 4.78 is 17.0. The number of rotatable bonds is 4. The zero-order valence-corrected chi connectivity index (χ0v) is 19.5. The summed E-state index contributed by atoms with van der Waals surface area (Å²) in [5.74, 6) is -3.00. The maximum atomic E-state index is 12.9. The molecule has 0 amide bonds. The van der Waals surface area contributed by atoms with Crippen molar-refractivity contribution in [3.05, 3.63) is 47.1 Å². The lowest BCUT2D eigenvalue weighted by molar-refractivity contribution is -0.175. The number of fused-ring (bicyclic) bond motifs is 3. The van der Waals surface area contributed by atoms with Crippen molar-refractivity contribution in [2.45, 2.75) is 70.9 Å². The summed E-state index contributed by atoms with van der Waals surface area (Å²) in [5, 5.41) is 20.4. The highest BCUT2D eigenvalue weighted by Crippen LogP contribution is 2.40. The molecule has 2 heterocycles. The lowest BCUT2D eigenvalue weighted by Gasteiger charge is -2.37. The van der Waals surface area contributed by atoms with Crippen molar-refractivity contribution in [1.82, 2.24) is 0 Å². The third-order valence-corrected chi connectivity index (χ3v) is 6.71. The zero-order valence-electron chi connectivity index (χ0n) is 19.5. The van der Waals surface area contributed by atoms with E-state index in [-0.39, 0.29) is 30.6 Å². The molecule has 3 aliphatic rings. The molecule has 5 atom stereocenters. The fourth-order valence-electron chi connectivity index (χ4n) is 4.42. The quantitative estimate of drug-likeness (QED) is 0.284. The van der Waals surface area contributed by atoms with Gasteiger partial charge in [0.1, 0.15) is 18.3 Å². The van der Waals surface area contributed by atoms with Crippen LogP contribution in [0.2, 0.25) is 0 Å². The largest absolute Gasteiger partial charge is 0.458 e. The molecule has 0 aromatic rings. The first-order valence-electron chi connectivity index (χ1n) is 11.2. The average Bonchev–Trinajstić information content (AvgIpc) is 3.01. The number of carbonyl (C=O) groups excluding carboxylic acids is 3. The highest BCUT2D eigenvalue weighted by atomic mass is 16.6. The second-order valence-electron chi connectivity index (χ2n) is 9.30. The molecule has 5 unspecified atom stereocenters. The molecular formula is C25H32O8. The third-order valence-electron chi connectivity index (χ3n) is 6.71. The van der Waals surface area contributed by atoms with Gasteiger partial charge in [-0.25, -0.2) is 14.4 Å². The molecular weight excluding hydrogens is 428 g/mol. The number of hydrogen-bond acceptors (Lipinski definition) is 8. The van der Waals surface area contributed by atoms with Crippen LogP contribution in [-0.2, 0) is 28.6 Å². The Kier molecular flexibility index (Phi) is 7.29. The fourth-order valence-corrected chi connectivity index (χ4v) is 4.42. The molecule has 0 aromatic heterocycles. The van der Waals surface area contributed by atoms with E-state index in [1.165, 1.54) is 13.0 Å². The topological polar surface area (TPSA) is 119 Å². The minimum atomic E-state index is -1.75. The Morgan fingerprint density at radius 2 is 2.06 bits per heavy atom. The lowest BCUT2D eigenvalue weighted by atomic mass is 9.78. The average molecular weight is 461 g/mol. The molecule has 0 radical (unpaired) electrons. The van der Waals surface area contributed by atoms with Gasteiger partial charge in [0.15, 0.2) is 5.60 Å². The predicted octanol–water partition coefficient (Wildman–Crippen LogP) is 2.30. The first kappa shape index (κ1) is 24.9. The summed E-state index contributed by atoms with van der Waals surface area (Å²) in [7, 11) is 0. The highest BCUT2D eigenvalue weighted by Gasteiger charge is 2.48. The second kappa shape index (κ2) is 9.65. The van der Waals surface area contributed by atoms with Gasteiger partial charge in [0.05, 0.1) is 12.5 Å². The van der Waals surface area contributed by atoms with Crippen LogP contribution in [0.25, 0.3) is 0 Å². The van der Waals surface area contributed by atoms with Gasteiger partial charge in [0.2, 0.25) is 0 Å². The summed E-state index contributed by atoms with van der Waals surface area (Å²) in [6.45, 7) is 10.3. The van der Waals surface area contributed by atoms with E-state index in [2.05, 4.69) is 6.58 Å². The maximum absolute atomic E-state index is 12.9. The Morgan fingerprint density at radius 3 is 2.70 bits per heavy atom. The van der Waals surface area contributed by atoms with E-state index in [1.807, 2.05) is 6.08 Å². The summed E-state index contributed by atoms with van der Waals surface area (Å²) in [6, 6.07) is 0. The standard InChI is InChI=1S/C25H32O8/c1-13(2)25(30)12-17-6-7-18(33-24(25)29)15(4)10-19-21(16(5)23(28)32-19)20(11-17)31-22(27)14(3)8-9-26/h6,8,10,13,18-21,26,30H,5,7,9,11-12H2,1-4H3. The van der Waals surface area contributed by atoms with E-state index in [4.69, 9.17) is 19.3 Å². The Morgan fingerprint density at radius 1 is 1.36 bits per heavy atom. The van der Waals surface area contributed by atoms with Gasteiger partial charge >= 0.3 is 17.9 Å². The normalized spacial score (nSPS) is 32.8. The van der Waals surface area contributed by atoms with E-state index in [0.29, 0.717) is 12.0 Å². The van der Waals surface area contributed by atoms with Crippen LogP contribution in [0.5, 0.6) is 0 Å². The number of hydrogen-bond donors (Lipinski definition) is 2. The first-order valence-corrected chi connectivity index (χ1v) is 11.2. The number of carbonyl (C=O) groups is 3. The van der Waals surface area contributed by atoms with Crippen LogP contribution in [0, 0.1) is 11.8 Å². The maximum Gasteiger partial charge on any atom is 0.339 e. The fraction of sp³-hybridized carbons (Fsp3) is 0.560. The minimum Gasteiger partial charge on any atom is -0.458 e. The van der Waals surface area contributed by atoms with Gasteiger partial charge in [-0.2, -0.15) is 0 Å². The molecule has 1 aliphatic carbocycles. The molecule has 2 N–H and O–H groups in total. The third kappa shape index (κ3) is 4.96. The summed E-state index contributed by atoms with van der Waals surface area (Å²) in [6.07, 6.45) is 3.31. The molecule has 0 spiro atoms. The molecule has 8 heteroatoms. The number of aliphatic hydroxyl groups excluding tert-OH is 1. The monoisotopic (exact) mass is 460 g/mol. The summed E-state index contributed by atoms with van der Waals surface area (Å²) in [4.78, 5) is 38.0. The van der Waals surface area contributed by atoms with Gasteiger partial charge in [-0.3, -0.25) is 0 Å². The van der Waals surface area contributed by atoms with Gasteiger partial charge in [0.25, 0.3) is 0 Å². The smallest absolute Gasteiger partial charge is 0.339 e. The highest BCUT2D eigenvalue weighted by molar-refractivity contribution is 5.92. The van der Waals surface area contributed by atoms with Crippen LogP contribution < -0.4 is 0 Å². The molecule has 2 aliphatic heterocycles. The van der Waals surface area contributed by atoms with Gasteiger partial charge in [0, 0.05) is 30.4 Å². The molecule has 8 nitrogen and oxygen atoms in total. The molecule has 3 rings (SSSR count). The number of aliphatic hydroxyl groups is 2. The van der Waals surface area contributed by atoms with Crippen molar-refractivity contribution in [3.63, 3.8) is 0 Å². The number of ether oxygens (including phenoxy) is 3. The molecule has 180 valence electrons. The van der Waals surface area contributed by atoms with Crippen molar-refractivity contribution < 1.29 is 38.8 Å². The van der Waals surface area contributed by atoms with Gasteiger partial charge in [-0.05, 0) is 37.5 Å². The summed E-state index contributed by atoms with van der Waals surface area (Å²) in [5.41, 5.74) is 0.0460. The van der Waals surface area contributed by atoms with Crippen molar-refractivity contribution in [3.8, 4) is 0 Å². The van der Waals surface area contributed by atoms with Gasteiger partial charge in [-0.15, -0.1) is 0 Å². The Balaban J connectivity index is 2.09. The molecule has 1 saturated heterocycles. The Hall–Kier alpha value is -2.71. The molecule has 33 heavy (non-hydrogen) atoms. The first-order chi connectivity index (χ1) is 15.5. The van der Waals surface area contributed by atoms with Crippen molar-refractivity contribution in [1.29, 1.82) is 0 Å². The van der Waals surface area contributed by atoms with Crippen LogP contribution in [0.15, 0.2) is 47.1 Å². The molecule has 2 bridgehead atoms. The van der Waals surface area contributed by atoms with Crippen LogP contribution >= 0.6 is 0 Å². The second-order valence-corrected chi connectivity index (χ2v) is 9.30. The van der Waals surface area contributed by atoms with Crippen LogP contribution in [0.3, 0.4) is 0 Å². The zero-order chi connectivity index (χ0) is 24.5. The Bertz CT molecular complexity index is 940. The Labute approximate surface area is 193 Å². The van der Waals surface area contributed by atoms with Gasteiger partial charge < -0.3 is 24.4 Å². The summed E-state index contributed by atoms with van der Waals surface area (Å²) >= 11 is 0. The van der Waals surface area contributed by atoms with E-state index < -0.39 is 53.7 Å². The van der Waals surface area contributed by atoms with Crippen molar-refractivity contribution in [2.24, 2.45) is 11.8 Å². The molecule has 1 fully saturated rings. The van der Waals surface area contributed by atoms with E-state index >= 15 is 0 Å². The van der Waals surface area contributed by atoms with Crippen LogP contribution in [0.4, 0.5) is 0 Å².